The van der Waals surface area contributed by atoms with Crippen LogP contribution in [0.4, 0.5) is 0 Å². The van der Waals surface area contributed by atoms with Gasteiger partial charge in [0, 0.05) is 24.7 Å². The molecule has 0 unspecified atom stereocenters. The van der Waals surface area contributed by atoms with Gasteiger partial charge in [-0.15, -0.1) is 0 Å². The second-order valence-electron chi connectivity index (χ2n) is 3.83. The van der Waals surface area contributed by atoms with E-state index < -0.39 is 11.9 Å². The predicted molar refractivity (Wildman–Crippen MR) is 70.8 cm³/mol. The molecule has 0 fully saturated rings. The lowest BCUT2D eigenvalue weighted by molar-refractivity contribution is -0.109. The maximum atomic E-state index is 11.3. The van der Waals surface area contributed by atoms with Gasteiger partial charge in [-0.05, 0) is 18.2 Å². The van der Waals surface area contributed by atoms with Crippen molar-refractivity contribution in [3.8, 4) is 11.8 Å². The summed E-state index contributed by atoms with van der Waals surface area (Å²) in [6, 6.07) is 4.76. The number of hydrogen-bond donors (Lipinski definition) is 0. The van der Waals surface area contributed by atoms with Gasteiger partial charge in [-0.1, -0.05) is 23.6 Å². The molecule has 19 heavy (non-hydrogen) atoms. The summed E-state index contributed by atoms with van der Waals surface area (Å²) in [5.74, 6) is 5.21. The van der Waals surface area contributed by atoms with Gasteiger partial charge in [-0.3, -0.25) is 4.79 Å². The quantitative estimate of drug-likeness (QED) is 0.357. The van der Waals surface area contributed by atoms with Gasteiger partial charge in [0.2, 0.25) is 0 Å². The molecule has 0 bridgehead atoms. The van der Waals surface area contributed by atoms with E-state index in [0.29, 0.717) is 17.7 Å². The molecule has 1 aliphatic heterocycles. The van der Waals surface area contributed by atoms with Gasteiger partial charge in [-0.2, -0.15) is 0 Å². The number of benzene rings is 1. The molecular formula is C14H10O4S. The lowest BCUT2D eigenvalue weighted by Crippen LogP contribution is -1.96. The molecule has 4 nitrogen and oxygen atoms in total. The Hall–Kier alpha value is -2.06. The Morgan fingerprint density at radius 1 is 1.26 bits per heavy atom. The minimum atomic E-state index is -0.629. The number of rotatable bonds is 2. The number of ether oxygens (including phenoxy) is 1. The van der Waals surface area contributed by atoms with E-state index in [4.69, 9.17) is 0 Å². The van der Waals surface area contributed by atoms with Crippen molar-refractivity contribution < 1.29 is 19.1 Å². The molecular weight excluding hydrogens is 264 g/mol. The van der Waals surface area contributed by atoms with E-state index in [2.05, 4.69) is 16.6 Å². The molecule has 1 aromatic carbocycles. The van der Waals surface area contributed by atoms with E-state index in [-0.39, 0.29) is 16.2 Å². The van der Waals surface area contributed by atoms with Gasteiger partial charge in [-0.25, -0.2) is 9.59 Å². The Balaban J connectivity index is 2.05. The highest BCUT2D eigenvalue weighted by atomic mass is 32.2. The van der Waals surface area contributed by atoms with Crippen molar-refractivity contribution in [2.45, 2.75) is 13.3 Å². The van der Waals surface area contributed by atoms with E-state index >= 15 is 0 Å². The zero-order chi connectivity index (χ0) is 13.8. The molecule has 0 amide bonds. The third-order valence-electron chi connectivity index (χ3n) is 2.41. The minimum Gasteiger partial charge on any atom is -0.386 e. The van der Waals surface area contributed by atoms with E-state index in [9.17, 15) is 14.4 Å². The van der Waals surface area contributed by atoms with Crippen LogP contribution in [0.1, 0.15) is 39.6 Å². The summed E-state index contributed by atoms with van der Waals surface area (Å²) in [5, 5.41) is 0.0700. The molecule has 0 saturated carbocycles. The third-order valence-corrected chi connectivity index (χ3v) is 3.22. The molecule has 0 aromatic heterocycles. The molecule has 1 aromatic rings. The van der Waals surface area contributed by atoms with Crippen LogP contribution in [0.2, 0.25) is 0 Å². The topological polar surface area (TPSA) is 60.4 Å². The Labute approximate surface area is 114 Å². The van der Waals surface area contributed by atoms with E-state index in [1.54, 1.807) is 12.1 Å². The first-order valence-corrected chi connectivity index (χ1v) is 6.59. The van der Waals surface area contributed by atoms with Crippen LogP contribution in [-0.4, -0.2) is 22.8 Å². The number of carbonyl (C=O) groups excluding carboxylic acids is 3. The Morgan fingerprint density at radius 3 is 2.74 bits per heavy atom. The van der Waals surface area contributed by atoms with E-state index in [0.717, 1.165) is 0 Å². The number of hydrogen-bond acceptors (Lipinski definition) is 5. The van der Waals surface area contributed by atoms with Gasteiger partial charge in [0.1, 0.15) is 0 Å². The zero-order valence-electron chi connectivity index (χ0n) is 10.2. The second kappa shape index (κ2) is 5.72. The summed E-state index contributed by atoms with van der Waals surface area (Å²) < 4.78 is 4.49. The fraction of sp³-hybridized carbons (Fsp3) is 0.214. The highest BCUT2D eigenvalue weighted by molar-refractivity contribution is 8.13. The highest BCUT2D eigenvalue weighted by Gasteiger charge is 2.29. The number of carbonyl (C=O) groups is 3. The molecule has 5 heteroatoms. The lowest BCUT2D eigenvalue weighted by atomic mass is 10.1. The summed E-state index contributed by atoms with van der Waals surface area (Å²) in [4.78, 5) is 33.3. The fourth-order valence-electron chi connectivity index (χ4n) is 1.57. The minimum absolute atomic E-state index is 0.0700. The van der Waals surface area contributed by atoms with Crippen molar-refractivity contribution in [3.63, 3.8) is 0 Å². The molecule has 2 rings (SSSR count). The first-order chi connectivity index (χ1) is 9.08. The van der Waals surface area contributed by atoms with Crippen LogP contribution < -0.4 is 0 Å². The third kappa shape index (κ3) is 3.24. The number of esters is 2. The molecule has 0 saturated heterocycles. The molecule has 0 radical (unpaired) electrons. The van der Waals surface area contributed by atoms with Crippen LogP contribution in [-0.2, 0) is 9.53 Å². The predicted octanol–water partition coefficient (Wildman–Crippen LogP) is 2.02. The van der Waals surface area contributed by atoms with Gasteiger partial charge in [0.05, 0.1) is 11.1 Å². The lowest BCUT2D eigenvalue weighted by Gasteiger charge is -1.93. The largest absolute Gasteiger partial charge is 0.386 e. The van der Waals surface area contributed by atoms with Crippen LogP contribution in [0.25, 0.3) is 0 Å². The summed E-state index contributed by atoms with van der Waals surface area (Å²) in [6.45, 7) is 1.52. The maximum absolute atomic E-state index is 11.3. The summed E-state index contributed by atoms with van der Waals surface area (Å²) in [6.07, 6.45) is 0.588. The molecule has 0 N–H and O–H groups in total. The van der Waals surface area contributed by atoms with Crippen molar-refractivity contribution >= 4 is 28.8 Å². The van der Waals surface area contributed by atoms with Crippen molar-refractivity contribution in [2.24, 2.45) is 0 Å². The van der Waals surface area contributed by atoms with Crippen molar-refractivity contribution in [1.82, 2.24) is 0 Å². The Bertz CT molecular complexity index is 622. The van der Waals surface area contributed by atoms with Crippen LogP contribution >= 0.6 is 11.8 Å². The molecule has 96 valence electrons. The molecule has 0 spiro atoms. The van der Waals surface area contributed by atoms with Gasteiger partial charge in [0.15, 0.2) is 5.12 Å². The maximum Gasteiger partial charge on any atom is 0.346 e. The fourth-order valence-corrected chi connectivity index (χ4v) is 2.06. The normalized spacial score (nSPS) is 12.5. The summed E-state index contributed by atoms with van der Waals surface area (Å²) in [7, 11) is 0. The summed E-state index contributed by atoms with van der Waals surface area (Å²) >= 11 is 1.23. The van der Waals surface area contributed by atoms with E-state index in [1.807, 2.05) is 0 Å². The zero-order valence-corrected chi connectivity index (χ0v) is 11.0. The Kier molecular flexibility index (Phi) is 4.03. The summed E-state index contributed by atoms with van der Waals surface area (Å²) in [5.41, 5.74) is 1.19. The second-order valence-corrected chi connectivity index (χ2v) is 5.10. The van der Waals surface area contributed by atoms with Crippen molar-refractivity contribution in [3.05, 3.63) is 34.9 Å². The molecule has 0 aliphatic carbocycles. The SMILES string of the molecule is CC(=O)SCCC#Cc1ccc2c(c1)C(=O)OC2=O. The molecule has 0 atom stereocenters. The molecule has 1 heterocycles. The standard InChI is InChI=1S/C14H10O4S/c1-9(15)19-7-3-2-4-10-5-6-11-12(8-10)14(17)18-13(11)16/h5-6,8H,3,7H2,1H3. The van der Waals surface area contributed by atoms with Gasteiger partial charge in [0.25, 0.3) is 0 Å². The van der Waals surface area contributed by atoms with Gasteiger partial charge < -0.3 is 4.74 Å². The Morgan fingerprint density at radius 2 is 2.00 bits per heavy atom. The van der Waals surface area contributed by atoms with Crippen LogP contribution in [0, 0.1) is 11.8 Å². The smallest absolute Gasteiger partial charge is 0.346 e. The first kappa shape index (κ1) is 13.4. The first-order valence-electron chi connectivity index (χ1n) is 5.61. The average molecular weight is 274 g/mol. The van der Waals surface area contributed by atoms with E-state index in [1.165, 1.54) is 24.8 Å². The van der Waals surface area contributed by atoms with Crippen LogP contribution in [0.15, 0.2) is 18.2 Å². The van der Waals surface area contributed by atoms with Crippen LogP contribution in [0.3, 0.4) is 0 Å². The van der Waals surface area contributed by atoms with Crippen molar-refractivity contribution in [2.75, 3.05) is 5.75 Å². The number of fused-ring (bicyclic) bond motifs is 1. The highest BCUT2D eigenvalue weighted by Crippen LogP contribution is 2.20. The van der Waals surface area contributed by atoms with Crippen LogP contribution in [0.5, 0.6) is 0 Å². The monoisotopic (exact) mass is 274 g/mol. The van der Waals surface area contributed by atoms with Crippen molar-refractivity contribution in [1.29, 1.82) is 0 Å². The van der Waals surface area contributed by atoms with Gasteiger partial charge >= 0.3 is 11.9 Å². The number of thioether (sulfide) groups is 1. The molecule has 1 aliphatic rings. The number of cyclic esters (lactones) is 2. The average Bonchev–Trinajstić information content (AvgIpc) is 2.64.